The fraction of sp³-hybridized carbons (Fsp3) is 0.407. The number of rotatable bonds is 6. The SMILES string of the molecule is CC(C)(C)OC(=O)N1CCCC(Nc2nc(Nc3cccc(C(F)(F)F)c3)nc(Nc3cccc(C(F)(F)F)c3)n2)C1. The van der Waals surface area contributed by atoms with Gasteiger partial charge in [-0.1, -0.05) is 12.1 Å². The number of amides is 1. The maximum Gasteiger partial charge on any atom is 0.416 e. The van der Waals surface area contributed by atoms with Crippen LogP contribution in [0, 0.1) is 0 Å². The second kappa shape index (κ2) is 11.9. The number of piperidine rings is 1. The van der Waals surface area contributed by atoms with Crippen molar-refractivity contribution >= 4 is 35.3 Å². The first-order chi connectivity index (χ1) is 19.5. The summed E-state index contributed by atoms with van der Waals surface area (Å²) < 4.78 is 84.8. The normalized spacial score (nSPS) is 16.1. The number of hydrogen-bond acceptors (Lipinski definition) is 8. The molecule has 4 rings (SSSR count). The highest BCUT2D eigenvalue weighted by Gasteiger charge is 2.32. The zero-order valence-corrected chi connectivity index (χ0v) is 22.9. The molecule has 0 bridgehead atoms. The number of likely N-dealkylation sites (tertiary alicyclic amines) is 1. The molecule has 0 aliphatic carbocycles. The van der Waals surface area contributed by atoms with E-state index in [1.54, 1.807) is 20.8 Å². The van der Waals surface area contributed by atoms with Crippen molar-refractivity contribution in [3.63, 3.8) is 0 Å². The zero-order chi connectivity index (χ0) is 30.7. The third-order valence-electron chi connectivity index (χ3n) is 5.93. The van der Waals surface area contributed by atoms with Crippen LogP contribution in [0.2, 0.25) is 0 Å². The summed E-state index contributed by atoms with van der Waals surface area (Å²) in [5.74, 6) is -0.341. The Hall–Kier alpha value is -4.30. The van der Waals surface area contributed by atoms with Crippen LogP contribution in [0.4, 0.5) is 60.4 Å². The highest BCUT2D eigenvalue weighted by molar-refractivity contribution is 5.68. The van der Waals surface area contributed by atoms with Crippen LogP contribution in [0.15, 0.2) is 48.5 Å². The van der Waals surface area contributed by atoms with E-state index in [4.69, 9.17) is 4.74 Å². The molecule has 9 nitrogen and oxygen atoms in total. The van der Waals surface area contributed by atoms with Gasteiger partial charge in [0.2, 0.25) is 17.8 Å². The van der Waals surface area contributed by atoms with Gasteiger partial charge in [0, 0.05) is 30.5 Å². The van der Waals surface area contributed by atoms with E-state index in [1.165, 1.54) is 29.2 Å². The number of halogens is 6. The zero-order valence-electron chi connectivity index (χ0n) is 22.9. The molecule has 2 aromatic carbocycles. The van der Waals surface area contributed by atoms with Crippen LogP contribution in [0.25, 0.3) is 0 Å². The summed E-state index contributed by atoms with van der Waals surface area (Å²) in [6.45, 7) is 6.01. The minimum atomic E-state index is -4.58. The standard InChI is InChI=1S/C27H29F6N7O2/c1-25(2,3)42-24(41)40-12-6-11-20(15-40)36-23-38-21(34-18-9-4-7-16(13-18)26(28,29)30)37-22(39-23)35-19-10-5-8-17(14-19)27(31,32)33/h4-5,7-10,13-14,20H,6,11-12,15H2,1-3H3,(H3,34,35,36,37,38,39). The van der Waals surface area contributed by atoms with Crippen molar-refractivity contribution in [2.75, 3.05) is 29.0 Å². The first-order valence-electron chi connectivity index (χ1n) is 12.9. The second-order valence-electron chi connectivity index (χ2n) is 10.6. The molecule has 226 valence electrons. The van der Waals surface area contributed by atoms with Crippen LogP contribution >= 0.6 is 0 Å². The molecule has 1 amide bonds. The van der Waals surface area contributed by atoms with E-state index in [9.17, 15) is 31.1 Å². The van der Waals surface area contributed by atoms with Crippen molar-refractivity contribution in [1.82, 2.24) is 19.9 Å². The van der Waals surface area contributed by atoms with Gasteiger partial charge < -0.3 is 25.6 Å². The van der Waals surface area contributed by atoms with E-state index < -0.39 is 35.2 Å². The minimum absolute atomic E-state index is 0.00927. The van der Waals surface area contributed by atoms with Gasteiger partial charge in [0.15, 0.2) is 0 Å². The number of ether oxygens (including phenoxy) is 1. The number of nitrogens with zero attached hydrogens (tertiary/aromatic N) is 4. The molecule has 15 heteroatoms. The lowest BCUT2D eigenvalue weighted by atomic mass is 10.1. The Labute approximate surface area is 237 Å². The van der Waals surface area contributed by atoms with Crippen molar-refractivity contribution in [2.24, 2.45) is 0 Å². The van der Waals surface area contributed by atoms with Gasteiger partial charge in [0.25, 0.3) is 0 Å². The van der Waals surface area contributed by atoms with E-state index in [1.807, 2.05) is 0 Å². The first-order valence-corrected chi connectivity index (χ1v) is 12.9. The van der Waals surface area contributed by atoms with Gasteiger partial charge in [0.05, 0.1) is 11.1 Å². The lowest BCUT2D eigenvalue weighted by Gasteiger charge is -2.34. The molecule has 3 N–H and O–H groups in total. The molecule has 1 saturated heterocycles. The first kappa shape index (κ1) is 30.7. The van der Waals surface area contributed by atoms with Crippen LogP contribution in [-0.4, -0.2) is 50.7 Å². The lowest BCUT2D eigenvalue weighted by molar-refractivity contribution is -0.138. The van der Waals surface area contributed by atoms with Crippen LogP contribution in [0.5, 0.6) is 0 Å². The van der Waals surface area contributed by atoms with Gasteiger partial charge in [-0.3, -0.25) is 0 Å². The third-order valence-corrected chi connectivity index (χ3v) is 5.93. The summed E-state index contributed by atoms with van der Waals surface area (Å²) in [6.07, 6.45) is -8.37. The Morgan fingerprint density at radius 1 is 0.833 bits per heavy atom. The van der Waals surface area contributed by atoms with Crippen LogP contribution in [0.3, 0.4) is 0 Å². The number of benzene rings is 2. The topological polar surface area (TPSA) is 104 Å². The summed E-state index contributed by atoms with van der Waals surface area (Å²) in [4.78, 5) is 26.8. The van der Waals surface area contributed by atoms with Gasteiger partial charge >= 0.3 is 18.4 Å². The maximum absolute atomic E-state index is 13.2. The predicted octanol–water partition coefficient (Wildman–Crippen LogP) is 7.21. The molecule has 0 radical (unpaired) electrons. The third kappa shape index (κ3) is 8.60. The fourth-order valence-electron chi connectivity index (χ4n) is 4.13. The predicted molar refractivity (Wildman–Crippen MR) is 144 cm³/mol. The summed E-state index contributed by atoms with van der Waals surface area (Å²) >= 11 is 0. The molecular formula is C27H29F6N7O2. The molecule has 1 aliphatic heterocycles. The number of anilines is 5. The van der Waals surface area contributed by atoms with Crippen molar-refractivity contribution in [1.29, 1.82) is 0 Å². The van der Waals surface area contributed by atoms with Crippen LogP contribution in [-0.2, 0) is 17.1 Å². The monoisotopic (exact) mass is 597 g/mol. The highest BCUT2D eigenvalue weighted by atomic mass is 19.4. The number of alkyl halides is 6. The number of carbonyl (C=O) groups is 1. The Morgan fingerprint density at radius 2 is 1.33 bits per heavy atom. The Balaban J connectivity index is 1.61. The molecule has 1 atom stereocenters. The number of nitrogens with one attached hydrogen (secondary N) is 3. The van der Waals surface area contributed by atoms with Crippen molar-refractivity contribution in [2.45, 2.75) is 57.6 Å². The molecule has 1 unspecified atom stereocenters. The maximum atomic E-state index is 13.2. The minimum Gasteiger partial charge on any atom is -0.444 e. The summed E-state index contributed by atoms with van der Waals surface area (Å²) in [5.41, 5.74) is -2.42. The molecule has 1 fully saturated rings. The number of hydrogen-bond donors (Lipinski definition) is 3. The van der Waals surface area contributed by atoms with Gasteiger partial charge in [0.1, 0.15) is 5.60 Å². The summed E-state index contributed by atoms with van der Waals surface area (Å²) in [5, 5.41) is 8.50. The largest absolute Gasteiger partial charge is 0.444 e. The second-order valence-corrected chi connectivity index (χ2v) is 10.6. The Morgan fingerprint density at radius 3 is 1.81 bits per heavy atom. The molecule has 1 aromatic heterocycles. The Bertz CT molecular complexity index is 1330. The van der Waals surface area contributed by atoms with Gasteiger partial charge in [-0.05, 0) is 70.0 Å². The van der Waals surface area contributed by atoms with Crippen LogP contribution < -0.4 is 16.0 Å². The van der Waals surface area contributed by atoms with Crippen molar-refractivity contribution in [3.8, 4) is 0 Å². The van der Waals surface area contributed by atoms with E-state index in [0.717, 1.165) is 24.3 Å². The van der Waals surface area contributed by atoms with Crippen LogP contribution in [0.1, 0.15) is 44.7 Å². The van der Waals surface area contributed by atoms with Crippen molar-refractivity contribution < 1.29 is 35.9 Å². The van der Waals surface area contributed by atoms with Gasteiger partial charge in [-0.15, -0.1) is 0 Å². The summed E-state index contributed by atoms with van der Waals surface area (Å²) in [7, 11) is 0. The number of carbonyl (C=O) groups excluding carboxylic acids is 1. The van der Waals surface area contributed by atoms with E-state index in [-0.39, 0.29) is 41.8 Å². The fourth-order valence-corrected chi connectivity index (χ4v) is 4.13. The average Bonchev–Trinajstić information content (AvgIpc) is 2.87. The Kier molecular flexibility index (Phi) is 8.68. The van der Waals surface area contributed by atoms with Gasteiger partial charge in [-0.25, -0.2) is 4.79 Å². The van der Waals surface area contributed by atoms with E-state index in [0.29, 0.717) is 19.4 Å². The quantitative estimate of drug-likeness (QED) is 0.256. The molecule has 0 spiro atoms. The van der Waals surface area contributed by atoms with Crippen molar-refractivity contribution in [3.05, 3.63) is 59.7 Å². The molecule has 2 heterocycles. The lowest BCUT2D eigenvalue weighted by Crippen LogP contribution is -2.47. The molecule has 0 saturated carbocycles. The highest BCUT2D eigenvalue weighted by Crippen LogP contribution is 2.33. The van der Waals surface area contributed by atoms with E-state index >= 15 is 0 Å². The van der Waals surface area contributed by atoms with Gasteiger partial charge in [-0.2, -0.15) is 41.3 Å². The molecular weight excluding hydrogens is 568 g/mol. The smallest absolute Gasteiger partial charge is 0.416 e. The summed E-state index contributed by atoms with van der Waals surface area (Å²) in [6, 6.07) is 8.42. The van der Waals surface area contributed by atoms with E-state index in [2.05, 4.69) is 30.9 Å². The molecule has 1 aliphatic rings. The molecule has 3 aromatic rings. The number of aromatic nitrogens is 3. The molecule has 42 heavy (non-hydrogen) atoms. The average molecular weight is 598 g/mol.